The first-order valence-electron chi connectivity index (χ1n) is 10.4. The van der Waals surface area contributed by atoms with Gasteiger partial charge in [-0.15, -0.1) is 0 Å². The minimum absolute atomic E-state index is 0.0249. The maximum Gasteiger partial charge on any atom is 0.262 e. The van der Waals surface area contributed by atoms with E-state index in [0.717, 1.165) is 47.0 Å². The third-order valence-corrected chi connectivity index (χ3v) is 5.54. The van der Waals surface area contributed by atoms with E-state index in [4.69, 9.17) is 9.47 Å². The van der Waals surface area contributed by atoms with Gasteiger partial charge in [-0.2, -0.15) is 5.26 Å². The fraction of sp³-hybridized carbons (Fsp3) is 0.240. The Morgan fingerprint density at radius 3 is 2.84 bits per heavy atom. The lowest BCUT2D eigenvalue weighted by Crippen LogP contribution is -2.24. The maximum absolute atomic E-state index is 12.7. The Kier molecular flexibility index (Phi) is 6.22. The molecule has 4 rings (SSSR count). The fourth-order valence-electron chi connectivity index (χ4n) is 3.82. The van der Waals surface area contributed by atoms with Gasteiger partial charge >= 0.3 is 0 Å². The molecule has 0 saturated heterocycles. The quantitative estimate of drug-likeness (QED) is 0.430. The molecular formula is C25H24N4O3. The Bertz CT molecular complexity index is 1260. The summed E-state index contributed by atoms with van der Waals surface area (Å²) in [6.45, 7) is 0.256. The summed E-state index contributed by atoms with van der Waals surface area (Å²) < 4.78 is 10.5. The fourth-order valence-corrected chi connectivity index (χ4v) is 3.82. The van der Waals surface area contributed by atoms with E-state index in [1.165, 1.54) is 5.57 Å². The number of nitrogens with one attached hydrogen (secondary N) is 2. The smallest absolute Gasteiger partial charge is 0.262 e. The van der Waals surface area contributed by atoms with Crippen LogP contribution in [0, 0.1) is 11.3 Å². The van der Waals surface area contributed by atoms with E-state index in [1.807, 2.05) is 18.3 Å². The first kappa shape index (κ1) is 21.2. The molecule has 32 heavy (non-hydrogen) atoms. The number of fused-ring (bicyclic) bond motifs is 1. The number of nitriles is 1. The number of amides is 1. The zero-order chi connectivity index (χ0) is 22.5. The summed E-state index contributed by atoms with van der Waals surface area (Å²) in [6.07, 6.45) is 10.8. The number of hydrogen-bond donors (Lipinski definition) is 2. The van der Waals surface area contributed by atoms with Gasteiger partial charge in [0.15, 0.2) is 11.5 Å². The van der Waals surface area contributed by atoms with Crippen LogP contribution in [0.1, 0.15) is 36.0 Å². The van der Waals surface area contributed by atoms with Crippen molar-refractivity contribution in [3.63, 3.8) is 0 Å². The highest BCUT2D eigenvalue weighted by Gasteiger charge is 2.14. The lowest BCUT2D eigenvalue weighted by atomic mass is 10.0. The van der Waals surface area contributed by atoms with Crippen molar-refractivity contribution in [1.29, 1.82) is 5.26 Å². The summed E-state index contributed by atoms with van der Waals surface area (Å²) in [5.74, 6) is 0.745. The number of benzene rings is 1. The van der Waals surface area contributed by atoms with E-state index in [2.05, 4.69) is 27.4 Å². The highest BCUT2D eigenvalue weighted by Crippen LogP contribution is 2.30. The van der Waals surface area contributed by atoms with Crippen molar-refractivity contribution in [2.75, 3.05) is 14.2 Å². The van der Waals surface area contributed by atoms with Crippen LogP contribution in [-0.2, 0) is 11.3 Å². The van der Waals surface area contributed by atoms with Crippen molar-refractivity contribution in [2.24, 2.45) is 0 Å². The summed E-state index contributed by atoms with van der Waals surface area (Å²) in [5.41, 5.74) is 4.72. The maximum atomic E-state index is 12.7. The van der Waals surface area contributed by atoms with Crippen LogP contribution in [0.25, 0.3) is 22.7 Å². The van der Waals surface area contributed by atoms with Gasteiger partial charge in [0.25, 0.3) is 5.91 Å². The average molecular weight is 428 g/mol. The number of H-pyrrole nitrogens is 1. The minimum Gasteiger partial charge on any atom is -0.493 e. The molecule has 1 aliphatic rings. The van der Waals surface area contributed by atoms with Crippen LogP contribution in [0.5, 0.6) is 11.5 Å². The van der Waals surface area contributed by atoms with Gasteiger partial charge in [0, 0.05) is 29.9 Å². The molecule has 1 amide bonds. The number of methoxy groups -OCH3 is 2. The van der Waals surface area contributed by atoms with E-state index in [1.54, 1.807) is 38.6 Å². The van der Waals surface area contributed by atoms with E-state index >= 15 is 0 Å². The van der Waals surface area contributed by atoms with Gasteiger partial charge in [-0.05, 0) is 60.2 Å². The molecule has 0 radical (unpaired) electrons. The summed E-state index contributed by atoms with van der Waals surface area (Å²) >= 11 is 0. The van der Waals surface area contributed by atoms with Crippen LogP contribution in [0.15, 0.2) is 48.3 Å². The Morgan fingerprint density at radius 1 is 1.28 bits per heavy atom. The second-order valence-electron chi connectivity index (χ2n) is 7.53. The van der Waals surface area contributed by atoms with Crippen molar-refractivity contribution in [2.45, 2.75) is 25.8 Å². The molecule has 3 aromatic rings. The van der Waals surface area contributed by atoms with Gasteiger partial charge in [-0.3, -0.25) is 4.79 Å². The van der Waals surface area contributed by atoms with Crippen molar-refractivity contribution in [3.8, 4) is 17.6 Å². The van der Waals surface area contributed by atoms with Gasteiger partial charge < -0.3 is 19.8 Å². The number of carbonyl (C=O) groups is 1. The molecule has 0 bridgehead atoms. The second kappa shape index (κ2) is 9.40. The number of ether oxygens (including phenoxy) is 2. The number of nitrogens with zero attached hydrogens (tertiary/aromatic N) is 2. The summed E-state index contributed by atoms with van der Waals surface area (Å²) in [4.78, 5) is 20.3. The first-order valence-corrected chi connectivity index (χ1v) is 10.4. The molecule has 0 aliphatic heterocycles. The van der Waals surface area contributed by atoms with Gasteiger partial charge in [-0.1, -0.05) is 12.1 Å². The van der Waals surface area contributed by atoms with Crippen molar-refractivity contribution in [3.05, 3.63) is 65.0 Å². The number of aromatic nitrogens is 2. The molecule has 162 valence electrons. The van der Waals surface area contributed by atoms with Crippen LogP contribution in [0.4, 0.5) is 0 Å². The van der Waals surface area contributed by atoms with E-state index in [0.29, 0.717) is 11.5 Å². The molecule has 1 aliphatic carbocycles. The number of carbonyl (C=O) groups excluding carboxylic acids is 1. The van der Waals surface area contributed by atoms with Gasteiger partial charge in [-0.25, -0.2) is 4.98 Å². The van der Waals surface area contributed by atoms with Crippen molar-refractivity contribution >= 4 is 28.6 Å². The second-order valence-corrected chi connectivity index (χ2v) is 7.53. The van der Waals surface area contributed by atoms with Crippen LogP contribution in [-0.4, -0.2) is 30.1 Å². The Hall–Kier alpha value is -4.05. The molecule has 7 heteroatoms. The zero-order valence-electron chi connectivity index (χ0n) is 18.1. The summed E-state index contributed by atoms with van der Waals surface area (Å²) in [5, 5.41) is 13.3. The molecule has 0 atom stereocenters. The average Bonchev–Trinajstić information content (AvgIpc) is 3.50. The topological polar surface area (TPSA) is 100 Å². The van der Waals surface area contributed by atoms with Crippen LogP contribution in [0.3, 0.4) is 0 Å². The molecule has 2 aromatic heterocycles. The van der Waals surface area contributed by atoms with Gasteiger partial charge in [0.1, 0.15) is 17.3 Å². The summed E-state index contributed by atoms with van der Waals surface area (Å²) in [6, 6.07) is 9.48. The van der Waals surface area contributed by atoms with E-state index in [9.17, 15) is 10.1 Å². The predicted octanol–water partition coefficient (Wildman–Crippen LogP) is 4.37. The van der Waals surface area contributed by atoms with Crippen LogP contribution < -0.4 is 14.8 Å². The van der Waals surface area contributed by atoms with E-state index < -0.39 is 5.91 Å². The highest BCUT2D eigenvalue weighted by atomic mass is 16.5. The Labute approximate surface area is 186 Å². The molecule has 0 fully saturated rings. The monoisotopic (exact) mass is 428 g/mol. The molecule has 0 spiro atoms. The number of hydrogen-bond acceptors (Lipinski definition) is 5. The molecular weight excluding hydrogens is 404 g/mol. The van der Waals surface area contributed by atoms with Crippen molar-refractivity contribution in [1.82, 2.24) is 15.3 Å². The lowest BCUT2D eigenvalue weighted by molar-refractivity contribution is -0.117. The number of rotatable bonds is 7. The van der Waals surface area contributed by atoms with Gasteiger partial charge in [0.2, 0.25) is 0 Å². The predicted molar refractivity (Wildman–Crippen MR) is 123 cm³/mol. The summed E-state index contributed by atoms with van der Waals surface area (Å²) in [7, 11) is 3.12. The minimum atomic E-state index is -0.445. The van der Waals surface area contributed by atoms with Crippen LogP contribution in [0.2, 0.25) is 0 Å². The molecule has 7 nitrogen and oxygen atoms in total. The zero-order valence-corrected chi connectivity index (χ0v) is 18.1. The molecule has 2 N–H and O–H groups in total. The Balaban J connectivity index is 1.53. The number of pyridine rings is 1. The molecule has 0 saturated carbocycles. The normalized spacial score (nSPS) is 13.5. The number of allylic oxidation sites excluding steroid dienone is 2. The largest absolute Gasteiger partial charge is 0.493 e. The van der Waals surface area contributed by atoms with Crippen molar-refractivity contribution < 1.29 is 14.3 Å². The first-order chi connectivity index (χ1) is 15.6. The van der Waals surface area contributed by atoms with Gasteiger partial charge in [0.05, 0.1) is 14.2 Å². The highest BCUT2D eigenvalue weighted by molar-refractivity contribution is 6.03. The van der Waals surface area contributed by atoms with Crippen LogP contribution >= 0.6 is 0 Å². The lowest BCUT2D eigenvalue weighted by Gasteiger charge is -2.10. The third-order valence-electron chi connectivity index (χ3n) is 5.54. The molecule has 1 aromatic carbocycles. The Morgan fingerprint density at radius 2 is 2.12 bits per heavy atom. The molecule has 0 unspecified atom stereocenters. The number of aromatic amines is 1. The molecule has 2 heterocycles. The van der Waals surface area contributed by atoms with E-state index in [-0.39, 0.29) is 12.1 Å². The SMILES string of the molecule is COc1ccc(CNC(=O)/C(C#N)=C/c2c[nH]c3ncc(C4=CCCC4)cc23)cc1OC. The third kappa shape index (κ3) is 4.35. The standard InChI is InChI=1S/C25H24N4O3/c1-31-22-8-7-16(9-23(22)32-2)13-29-25(30)18(12-26)10-20-15-28-24-21(20)11-19(14-27-24)17-5-3-4-6-17/h5,7-11,14-15H,3-4,6,13H2,1-2H3,(H,27,28)(H,29,30)/b18-10+.